The monoisotopic (exact) mass is 226 g/mol. The maximum absolute atomic E-state index is 3.97. The van der Waals surface area contributed by atoms with Crippen molar-refractivity contribution in [1.29, 1.82) is 0 Å². The molecule has 17 heavy (non-hydrogen) atoms. The van der Waals surface area contributed by atoms with Gasteiger partial charge in [-0.2, -0.15) is 0 Å². The summed E-state index contributed by atoms with van der Waals surface area (Å²) < 4.78 is 0. The van der Waals surface area contributed by atoms with Gasteiger partial charge in [0, 0.05) is 5.41 Å². The molecule has 0 aromatic rings. The Balaban J connectivity index is 2.60. The molecule has 0 saturated carbocycles. The van der Waals surface area contributed by atoms with Crippen LogP contribution in [0.4, 0.5) is 0 Å². The van der Waals surface area contributed by atoms with Gasteiger partial charge in [0.1, 0.15) is 0 Å². The van der Waals surface area contributed by atoms with E-state index in [0.29, 0.717) is 5.92 Å². The third-order valence-corrected chi connectivity index (χ3v) is 4.18. The summed E-state index contributed by atoms with van der Waals surface area (Å²) in [5, 5.41) is 0. The molecule has 0 aromatic heterocycles. The van der Waals surface area contributed by atoms with Gasteiger partial charge >= 0.3 is 0 Å². The van der Waals surface area contributed by atoms with E-state index in [0.717, 1.165) is 0 Å². The lowest BCUT2D eigenvalue weighted by Crippen LogP contribution is -2.14. The highest BCUT2D eigenvalue weighted by Gasteiger charge is 2.39. The highest BCUT2D eigenvalue weighted by molar-refractivity contribution is 5.68. The maximum atomic E-state index is 3.97. The molecule has 90 valence electrons. The Hall–Kier alpha value is -1.30. The largest absolute Gasteiger partial charge is 0.0987 e. The van der Waals surface area contributed by atoms with Crippen molar-refractivity contribution in [3.05, 3.63) is 59.8 Å². The SMILES string of the molecule is C=CC1=C(C=C)C(C)(C)C2=CCC(CC)C=C21. The third kappa shape index (κ3) is 1.67. The van der Waals surface area contributed by atoms with Gasteiger partial charge in [-0.3, -0.25) is 0 Å². The van der Waals surface area contributed by atoms with Crippen LogP contribution in [0.3, 0.4) is 0 Å². The van der Waals surface area contributed by atoms with Gasteiger partial charge in [0.25, 0.3) is 0 Å². The molecule has 0 N–H and O–H groups in total. The van der Waals surface area contributed by atoms with Gasteiger partial charge in [0.05, 0.1) is 0 Å². The third-order valence-electron chi connectivity index (χ3n) is 4.18. The zero-order valence-electron chi connectivity index (χ0n) is 11.2. The summed E-state index contributed by atoms with van der Waals surface area (Å²) in [5.74, 6) is 0.684. The van der Waals surface area contributed by atoms with Crippen molar-refractivity contribution < 1.29 is 0 Å². The minimum absolute atomic E-state index is 0.0931. The van der Waals surface area contributed by atoms with Crippen LogP contribution in [0.2, 0.25) is 0 Å². The first-order chi connectivity index (χ1) is 8.06. The van der Waals surface area contributed by atoms with Crippen molar-refractivity contribution in [1.82, 2.24) is 0 Å². The number of fused-ring (bicyclic) bond motifs is 1. The van der Waals surface area contributed by atoms with Crippen LogP contribution in [0, 0.1) is 11.3 Å². The van der Waals surface area contributed by atoms with Crippen LogP contribution in [0.5, 0.6) is 0 Å². The molecule has 0 radical (unpaired) electrons. The lowest BCUT2D eigenvalue weighted by molar-refractivity contribution is 0.554. The van der Waals surface area contributed by atoms with Crippen LogP contribution < -0.4 is 0 Å². The summed E-state index contributed by atoms with van der Waals surface area (Å²) in [6.45, 7) is 14.8. The van der Waals surface area contributed by atoms with E-state index in [2.05, 4.69) is 46.1 Å². The van der Waals surface area contributed by atoms with E-state index in [4.69, 9.17) is 0 Å². The van der Waals surface area contributed by atoms with Crippen LogP contribution in [-0.2, 0) is 0 Å². The first kappa shape index (κ1) is 12.2. The quantitative estimate of drug-likeness (QED) is 0.637. The number of rotatable bonds is 3. The maximum Gasteiger partial charge on any atom is 0.0155 e. The first-order valence-corrected chi connectivity index (χ1v) is 6.49. The zero-order valence-corrected chi connectivity index (χ0v) is 11.2. The van der Waals surface area contributed by atoms with Crippen LogP contribution in [-0.4, -0.2) is 0 Å². The van der Waals surface area contributed by atoms with E-state index < -0.39 is 0 Å². The topological polar surface area (TPSA) is 0 Å². The number of hydrogen-bond donors (Lipinski definition) is 0. The predicted molar refractivity (Wildman–Crippen MR) is 75.8 cm³/mol. The highest BCUT2D eigenvalue weighted by atomic mass is 14.4. The fraction of sp³-hybridized carbons (Fsp3) is 0.412. The van der Waals surface area contributed by atoms with E-state index >= 15 is 0 Å². The van der Waals surface area contributed by atoms with E-state index in [1.165, 1.54) is 35.1 Å². The Morgan fingerprint density at radius 1 is 1.35 bits per heavy atom. The van der Waals surface area contributed by atoms with Crippen molar-refractivity contribution in [3.8, 4) is 0 Å². The average molecular weight is 226 g/mol. The summed E-state index contributed by atoms with van der Waals surface area (Å²) >= 11 is 0. The molecule has 2 aliphatic carbocycles. The molecule has 0 aromatic carbocycles. The fourth-order valence-electron chi connectivity index (χ4n) is 3.10. The summed E-state index contributed by atoms with van der Waals surface area (Å²) in [5.41, 5.74) is 5.57. The van der Waals surface area contributed by atoms with Crippen molar-refractivity contribution in [2.45, 2.75) is 33.6 Å². The van der Waals surface area contributed by atoms with E-state index in [1.54, 1.807) is 0 Å². The Morgan fingerprint density at radius 2 is 2.06 bits per heavy atom. The molecular weight excluding hydrogens is 204 g/mol. The minimum atomic E-state index is 0.0931. The Bertz CT molecular complexity index is 452. The van der Waals surface area contributed by atoms with Crippen molar-refractivity contribution in [3.63, 3.8) is 0 Å². The summed E-state index contributed by atoms with van der Waals surface area (Å²) in [4.78, 5) is 0. The Labute approximate surface area is 105 Å². The van der Waals surface area contributed by atoms with Gasteiger partial charge in [-0.15, -0.1) is 0 Å². The smallest absolute Gasteiger partial charge is 0.0155 e. The molecule has 0 saturated heterocycles. The molecule has 2 rings (SSSR count). The van der Waals surface area contributed by atoms with Crippen LogP contribution in [0.1, 0.15) is 33.6 Å². The number of hydrogen-bond acceptors (Lipinski definition) is 0. The molecule has 0 heterocycles. The van der Waals surface area contributed by atoms with Gasteiger partial charge in [0.15, 0.2) is 0 Å². The van der Waals surface area contributed by atoms with Crippen LogP contribution in [0.25, 0.3) is 0 Å². The van der Waals surface area contributed by atoms with E-state index in [-0.39, 0.29) is 5.41 Å². The molecule has 1 atom stereocenters. The highest BCUT2D eigenvalue weighted by Crippen LogP contribution is 2.52. The molecular formula is C17H22. The molecule has 2 aliphatic rings. The Morgan fingerprint density at radius 3 is 2.59 bits per heavy atom. The van der Waals surface area contributed by atoms with Crippen molar-refractivity contribution in [2.75, 3.05) is 0 Å². The summed E-state index contributed by atoms with van der Waals surface area (Å²) in [7, 11) is 0. The number of allylic oxidation sites excluding steroid dienone is 8. The summed E-state index contributed by atoms with van der Waals surface area (Å²) in [6, 6.07) is 0. The molecule has 0 bridgehead atoms. The second-order valence-electron chi connectivity index (χ2n) is 5.46. The Kier molecular flexibility index (Phi) is 2.99. The molecule has 0 amide bonds. The van der Waals surface area contributed by atoms with E-state index in [9.17, 15) is 0 Å². The normalized spacial score (nSPS) is 26.2. The summed E-state index contributed by atoms with van der Waals surface area (Å²) in [6.07, 6.45) is 11.2. The van der Waals surface area contributed by atoms with Crippen LogP contribution >= 0.6 is 0 Å². The predicted octanol–water partition coefficient (Wildman–Crippen LogP) is 4.98. The fourth-order valence-corrected chi connectivity index (χ4v) is 3.10. The van der Waals surface area contributed by atoms with E-state index in [1.807, 2.05) is 12.2 Å². The lowest BCUT2D eigenvalue weighted by atomic mass is 9.77. The molecule has 0 nitrogen and oxygen atoms in total. The molecule has 0 fully saturated rings. The van der Waals surface area contributed by atoms with Gasteiger partial charge in [0.2, 0.25) is 0 Å². The average Bonchev–Trinajstić information content (AvgIpc) is 2.55. The second-order valence-corrected chi connectivity index (χ2v) is 5.46. The second kappa shape index (κ2) is 4.18. The zero-order chi connectivity index (χ0) is 12.6. The lowest BCUT2D eigenvalue weighted by Gasteiger charge is -2.26. The van der Waals surface area contributed by atoms with Crippen molar-refractivity contribution >= 4 is 0 Å². The molecule has 1 unspecified atom stereocenters. The molecule has 0 heteroatoms. The molecule has 0 spiro atoms. The first-order valence-electron chi connectivity index (χ1n) is 6.49. The van der Waals surface area contributed by atoms with Gasteiger partial charge in [-0.25, -0.2) is 0 Å². The van der Waals surface area contributed by atoms with Gasteiger partial charge < -0.3 is 0 Å². The van der Waals surface area contributed by atoms with Crippen LogP contribution in [0.15, 0.2) is 59.8 Å². The van der Waals surface area contributed by atoms with Crippen molar-refractivity contribution in [2.24, 2.45) is 11.3 Å². The van der Waals surface area contributed by atoms with Gasteiger partial charge in [-0.1, -0.05) is 58.2 Å². The van der Waals surface area contributed by atoms with Gasteiger partial charge in [-0.05, 0) is 41.1 Å². The molecule has 0 aliphatic heterocycles. The minimum Gasteiger partial charge on any atom is -0.0987 e. The standard InChI is InChI=1S/C17H22/c1-6-12-9-10-16-14(11-12)13(7-2)15(8-3)17(16,4)5/h7-8,10-12H,2-3,6,9H2,1,4-5H3.